The highest BCUT2D eigenvalue weighted by Gasteiger charge is 2.21. The van der Waals surface area contributed by atoms with Crippen LogP contribution in [0.3, 0.4) is 0 Å². The number of hydrogen-bond acceptors (Lipinski definition) is 3. The maximum Gasteiger partial charge on any atom is 0.133 e. The average molecular weight is 313 g/mol. The Labute approximate surface area is 138 Å². The molecule has 1 N–H and O–H groups in total. The first-order chi connectivity index (χ1) is 11.2. The molecule has 0 radical (unpaired) electrons. The lowest BCUT2D eigenvalue weighted by Gasteiger charge is -2.13. The van der Waals surface area contributed by atoms with Crippen LogP contribution in [0.15, 0.2) is 18.2 Å². The molecule has 0 bridgehead atoms. The van der Waals surface area contributed by atoms with Gasteiger partial charge in [0.2, 0.25) is 0 Å². The minimum absolute atomic E-state index is 0.743. The fourth-order valence-electron chi connectivity index (χ4n) is 3.23. The fourth-order valence-corrected chi connectivity index (χ4v) is 3.23. The molecule has 0 saturated heterocycles. The summed E-state index contributed by atoms with van der Waals surface area (Å²) in [6, 6.07) is 6.43. The van der Waals surface area contributed by atoms with Gasteiger partial charge >= 0.3 is 0 Å². The smallest absolute Gasteiger partial charge is 0.133 e. The van der Waals surface area contributed by atoms with Crippen LogP contribution in [0.1, 0.15) is 42.1 Å². The normalized spacial score (nSPS) is 14.2. The summed E-state index contributed by atoms with van der Waals surface area (Å²) in [6.45, 7) is 8.90. The lowest BCUT2D eigenvalue weighted by molar-refractivity contribution is 0.150. The number of nitrogens with zero attached hydrogens (tertiary/aromatic N) is 2. The monoisotopic (exact) mass is 313 g/mol. The summed E-state index contributed by atoms with van der Waals surface area (Å²) in [5.41, 5.74) is 6.33. The van der Waals surface area contributed by atoms with Crippen molar-refractivity contribution < 1.29 is 4.74 Å². The van der Waals surface area contributed by atoms with Gasteiger partial charge in [0.25, 0.3) is 0 Å². The second kappa shape index (κ2) is 7.18. The Hall–Kier alpha value is -1.81. The van der Waals surface area contributed by atoms with Gasteiger partial charge in [-0.15, -0.1) is 0 Å². The zero-order valence-electron chi connectivity index (χ0n) is 14.5. The zero-order valence-corrected chi connectivity index (χ0v) is 14.5. The molecule has 0 unspecified atom stereocenters. The van der Waals surface area contributed by atoms with Gasteiger partial charge in [0.05, 0.1) is 18.0 Å². The maximum atomic E-state index is 5.55. The second-order valence-electron chi connectivity index (χ2n) is 6.24. The van der Waals surface area contributed by atoms with Crippen molar-refractivity contribution in [3.8, 4) is 5.69 Å². The van der Waals surface area contributed by atoms with E-state index < -0.39 is 0 Å². The largest absolute Gasteiger partial charge is 0.381 e. The molecule has 1 aliphatic heterocycles. The second-order valence-corrected chi connectivity index (χ2v) is 6.24. The van der Waals surface area contributed by atoms with E-state index in [1.165, 1.54) is 46.7 Å². The Balaban J connectivity index is 2.04. The van der Waals surface area contributed by atoms with Crippen LogP contribution in [0.2, 0.25) is 0 Å². The standard InChI is InChI=1S/C19H27N3O/c1-4-23-13-11-17-16-9-5-6-12-20-19(16)22(21-17)18-10-7-8-14(2)15(18)3/h7-8,10,20H,4-6,9,11-13H2,1-3H3. The van der Waals surface area contributed by atoms with Gasteiger partial charge in [-0.1, -0.05) is 12.1 Å². The highest BCUT2D eigenvalue weighted by Crippen LogP contribution is 2.30. The highest BCUT2D eigenvalue weighted by molar-refractivity contribution is 5.57. The molecular formula is C19H27N3O. The summed E-state index contributed by atoms with van der Waals surface area (Å²) in [6.07, 6.45) is 4.43. The van der Waals surface area contributed by atoms with Gasteiger partial charge < -0.3 is 10.1 Å². The van der Waals surface area contributed by atoms with Crippen LogP contribution in [0.5, 0.6) is 0 Å². The van der Waals surface area contributed by atoms with Crippen molar-refractivity contribution in [3.05, 3.63) is 40.6 Å². The molecule has 0 fully saturated rings. The average Bonchev–Trinajstić information content (AvgIpc) is 2.73. The van der Waals surface area contributed by atoms with Crippen molar-refractivity contribution in [3.63, 3.8) is 0 Å². The molecule has 23 heavy (non-hydrogen) atoms. The summed E-state index contributed by atoms with van der Waals surface area (Å²) in [7, 11) is 0. The number of hydrogen-bond donors (Lipinski definition) is 1. The molecule has 1 aromatic carbocycles. The van der Waals surface area contributed by atoms with Crippen molar-refractivity contribution in [1.82, 2.24) is 9.78 Å². The summed E-state index contributed by atoms with van der Waals surface area (Å²) < 4.78 is 7.66. The lowest BCUT2D eigenvalue weighted by atomic mass is 10.1. The topological polar surface area (TPSA) is 39.1 Å². The van der Waals surface area contributed by atoms with E-state index in [-0.39, 0.29) is 0 Å². The van der Waals surface area contributed by atoms with E-state index in [1.807, 2.05) is 6.92 Å². The van der Waals surface area contributed by atoms with E-state index in [0.29, 0.717) is 0 Å². The Kier molecular flexibility index (Phi) is 5.01. The van der Waals surface area contributed by atoms with Gasteiger partial charge in [0.1, 0.15) is 5.82 Å². The van der Waals surface area contributed by atoms with E-state index in [4.69, 9.17) is 9.84 Å². The molecular weight excluding hydrogens is 286 g/mol. The summed E-state index contributed by atoms with van der Waals surface area (Å²) >= 11 is 0. The molecule has 2 aromatic rings. The van der Waals surface area contributed by atoms with E-state index in [2.05, 4.69) is 42.0 Å². The Morgan fingerprint density at radius 2 is 2.13 bits per heavy atom. The number of aromatic nitrogens is 2. The number of benzene rings is 1. The first kappa shape index (κ1) is 16.1. The van der Waals surface area contributed by atoms with E-state index >= 15 is 0 Å². The number of nitrogens with one attached hydrogen (secondary N) is 1. The molecule has 0 aliphatic carbocycles. The number of ether oxygens (including phenoxy) is 1. The first-order valence-electron chi connectivity index (χ1n) is 8.71. The summed E-state index contributed by atoms with van der Waals surface area (Å²) in [5.74, 6) is 1.18. The number of anilines is 1. The SMILES string of the molecule is CCOCCc1nn(-c2cccc(C)c2C)c2c1CCCCN2. The maximum absolute atomic E-state index is 5.55. The molecule has 0 saturated carbocycles. The minimum atomic E-state index is 0.743. The van der Waals surface area contributed by atoms with Crippen LogP contribution in [-0.2, 0) is 17.6 Å². The van der Waals surface area contributed by atoms with Gasteiger partial charge in [0, 0.05) is 25.1 Å². The molecule has 124 valence electrons. The van der Waals surface area contributed by atoms with Crippen LogP contribution in [0.25, 0.3) is 5.69 Å². The van der Waals surface area contributed by atoms with Crippen LogP contribution >= 0.6 is 0 Å². The van der Waals surface area contributed by atoms with E-state index in [9.17, 15) is 0 Å². The molecule has 4 nitrogen and oxygen atoms in total. The number of fused-ring (bicyclic) bond motifs is 1. The van der Waals surface area contributed by atoms with Crippen LogP contribution in [-0.4, -0.2) is 29.5 Å². The zero-order chi connectivity index (χ0) is 16.2. The predicted octanol–water partition coefficient (Wildman–Crippen LogP) is 3.82. The molecule has 1 aliphatic rings. The van der Waals surface area contributed by atoms with Crippen molar-refractivity contribution in [2.45, 2.75) is 46.5 Å². The number of aryl methyl sites for hydroxylation is 1. The summed E-state index contributed by atoms with van der Waals surface area (Å²) in [5, 5.41) is 8.56. The van der Waals surface area contributed by atoms with Crippen molar-refractivity contribution in [1.29, 1.82) is 0 Å². The third kappa shape index (κ3) is 3.27. The highest BCUT2D eigenvalue weighted by atomic mass is 16.5. The van der Waals surface area contributed by atoms with Crippen molar-refractivity contribution >= 4 is 5.82 Å². The quantitative estimate of drug-likeness (QED) is 0.853. The lowest BCUT2D eigenvalue weighted by Crippen LogP contribution is -2.08. The van der Waals surface area contributed by atoms with Gasteiger partial charge in [0.15, 0.2) is 0 Å². The van der Waals surface area contributed by atoms with Gasteiger partial charge in [-0.3, -0.25) is 0 Å². The Bertz CT molecular complexity index is 675. The van der Waals surface area contributed by atoms with Crippen LogP contribution < -0.4 is 5.32 Å². The van der Waals surface area contributed by atoms with Gasteiger partial charge in [-0.05, 0) is 57.2 Å². The number of rotatable bonds is 5. The van der Waals surface area contributed by atoms with Gasteiger partial charge in [-0.2, -0.15) is 5.10 Å². The Morgan fingerprint density at radius 1 is 1.26 bits per heavy atom. The van der Waals surface area contributed by atoms with E-state index in [1.54, 1.807) is 0 Å². The van der Waals surface area contributed by atoms with Crippen LogP contribution in [0, 0.1) is 13.8 Å². The van der Waals surface area contributed by atoms with Gasteiger partial charge in [-0.25, -0.2) is 4.68 Å². The third-order valence-electron chi connectivity index (χ3n) is 4.70. The van der Waals surface area contributed by atoms with Crippen LogP contribution in [0.4, 0.5) is 5.82 Å². The Morgan fingerprint density at radius 3 is 2.96 bits per heavy atom. The first-order valence-corrected chi connectivity index (χ1v) is 8.71. The minimum Gasteiger partial charge on any atom is -0.381 e. The molecule has 0 atom stereocenters. The molecule has 1 aromatic heterocycles. The third-order valence-corrected chi connectivity index (χ3v) is 4.70. The molecule has 4 heteroatoms. The van der Waals surface area contributed by atoms with Crippen molar-refractivity contribution in [2.24, 2.45) is 0 Å². The predicted molar refractivity (Wildman–Crippen MR) is 94.7 cm³/mol. The molecule has 0 spiro atoms. The molecule has 3 rings (SSSR count). The molecule has 2 heterocycles. The molecule has 0 amide bonds. The summed E-state index contributed by atoms with van der Waals surface area (Å²) in [4.78, 5) is 0. The fraction of sp³-hybridized carbons (Fsp3) is 0.526. The van der Waals surface area contributed by atoms with E-state index in [0.717, 1.165) is 32.6 Å². The van der Waals surface area contributed by atoms with Crippen molar-refractivity contribution in [2.75, 3.05) is 25.1 Å².